The SMILES string of the molecule is Cc1ccc(S(=O)(=O)OCc2cccn2C)cc1. The second kappa shape index (κ2) is 4.96. The highest BCUT2D eigenvalue weighted by Crippen LogP contribution is 2.15. The quantitative estimate of drug-likeness (QED) is 0.797. The number of nitrogens with zero attached hydrogens (tertiary/aromatic N) is 1. The van der Waals surface area contributed by atoms with Crippen molar-refractivity contribution in [3.05, 3.63) is 53.9 Å². The van der Waals surface area contributed by atoms with Crippen molar-refractivity contribution in [1.82, 2.24) is 4.57 Å². The Kier molecular flexibility index (Phi) is 3.54. The monoisotopic (exact) mass is 265 g/mol. The van der Waals surface area contributed by atoms with Crippen molar-refractivity contribution in [2.24, 2.45) is 7.05 Å². The van der Waals surface area contributed by atoms with E-state index in [1.165, 1.54) is 0 Å². The van der Waals surface area contributed by atoms with Crippen LogP contribution in [-0.2, 0) is 28.0 Å². The van der Waals surface area contributed by atoms with Crippen molar-refractivity contribution >= 4 is 10.1 Å². The van der Waals surface area contributed by atoms with Gasteiger partial charge in [-0.2, -0.15) is 8.42 Å². The molecule has 0 radical (unpaired) electrons. The zero-order valence-corrected chi connectivity index (χ0v) is 11.1. The van der Waals surface area contributed by atoms with E-state index < -0.39 is 10.1 Å². The minimum atomic E-state index is -3.68. The highest BCUT2D eigenvalue weighted by molar-refractivity contribution is 7.86. The van der Waals surface area contributed by atoms with Crippen molar-refractivity contribution in [3.8, 4) is 0 Å². The predicted octanol–water partition coefficient (Wildman–Crippen LogP) is 2.24. The van der Waals surface area contributed by atoms with Crippen LogP contribution >= 0.6 is 0 Å². The van der Waals surface area contributed by atoms with Gasteiger partial charge in [0.2, 0.25) is 0 Å². The zero-order chi connectivity index (χ0) is 13.2. The molecule has 96 valence electrons. The van der Waals surface area contributed by atoms with Crippen molar-refractivity contribution in [2.45, 2.75) is 18.4 Å². The van der Waals surface area contributed by atoms with Crippen LogP contribution in [0.1, 0.15) is 11.3 Å². The molecule has 0 spiro atoms. The normalized spacial score (nSPS) is 11.7. The van der Waals surface area contributed by atoms with Gasteiger partial charge in [0.1, 0.15) is 6.61 Å². The molecular weight excluding hydrogens is 250 g/mol. The third kappa shape index (κ3) is 2.80. The Labute approximate surface area is 107 Å². The maximum atomic E-state index is 11.9. The van der Waals surface area contributed by atoms with Gasteiger partial charge in [-0.25, -0.2) is 0 Å². The van der Waals surface area contributed by atoms with E-state index in [0.29, 0.717) is 0 Å². The largest absolute Gasteiger partial charge is 0.352 e. The molecule has 0 amide bonds. The Bertz CT molecular complexity index is 627. The molecule has 0 saturated heterocycles. The summed E-state index contributed by atoms with van der Waals surface area (Å²) in [7, 11) is -1.84. The zero-order valence-electron chi connectivity index (χ0n) is 10.3. The Hall–Kier alpha value is -1.59. The number of aryl methyl sites for hydroxylation is 2. The van der Waals surface area contributed by atoms with Gasteiger partial charge in [0, 0.05) is 18.9 Å². The molecule has 18 heavy (non-hydrogen) atoms. The predicted molar refractivity (Wildman–Crippen MR) is 68.6 cm³/mol. The smallest absolute Gasteiger partial charge is 0.297 e. The van der Waals surface area contributed by atoms with E-state index in [0.717, 1.165) is 11.3 Å². The lowest BCUT2D eigenvalue weighted by atomic mass is 10.2. The van der Waals surface area contributed by atoms with Crippen LogP contribution in [0.15, 0.2) is 47.5 Å². The van der Waals surface area contributed by atoms with Crippen molar-refractivity contribution in [2.75, 3.05) is 0 Å². The number of hydrogen-bond donors (Lipinski definition) is 0. The van der Waals surface area contributed by atoms with E-state index in [1.807, 2.05) is 36.9 Å². The lowest BCUT2D eigenvalue weighted by Crippen LogP contribution is -2.08. The summed E-state index contributed by atoms with van der Waals surface area (Å²) in [6.45, 7) is 1.95. The van der Waals surface area contributed by atoms with E-state index in [-0.39, 0.29) is 11.5 Å². The fourth-order valence-corrected chi connectivity index (χ4v) is 2.44. The first kappa shape index (κ1) is 12.9. The molecule has 5 heteroatoms. The summed E-state index contributed by atoms with van der Waals surface area (Å²) in [5.41, 5.74) is 1.82. The van der Waals surface area contributed by atoms with E-state index in [9.17, 15) is 8.42 Å². The second-order valence-corrected chi connectivity index (χ2v) is 5.76. The molecule has 1 heterocycles. The summed E-state index contributed by atoms with van der Waals surface area (Å²) in [6, 6.07) is 10.3. The van der Waals surface area contributed by atoms with Crippen LogP contribution in [0.5, 0.6) is 0 Å². The number of aromatic nitrogens is 1. The minimum absolute atomic E-state index is 0.0414. The average molecular weight is 265 g/mol. The van der Waals surface area contributed by atoms with Crippen LogP contribution < -0.4 is 0 Å². The first-order valence-corrected chi connectivity index (χ1v) is 6.96. The van der Waals surface area contributed by atoms with Crippen LogP contribution in [-0.4, -0.2) is 13.0 Å². The third-order valence-electron chi connectivity index (χ3n) is 2.72. The van der Waals surface area contributed by atoms with Crippen LogP contribution in [0.4, 0.5) is 0 Å². The molecular formula is C13H15NO3S. The summed E-state index contributed by atoms with van der Waals surface area (Å²) < 4.78 is 30.7. The van der Waals surface area contributed by atoms with E-state index in [1.54, 1.807) is 24.3 Å². The highest BCUT2D eigenvalue weighted by atomic mass is 32.2. The first-order chi connectivity index (χ1) is 8.49. The van der Waals surface area contributed by atoms with Gasteiger partial charge in [-0.1, -0.05) is 17.7 Å². The second-order valence-electron chi connectivity index (χ2n) is 4.14. The van der Waals surface area contributed by atoms with Gasteiger partial charge in [-0.15, -0.1) is 0 Å². The van der Waals surface area contributed by atoms with Gasteiger partial charge in [0.25, 0.3) is 10.1 Å². The fourth-order valence-electron chi connectivity index (χ4n) is 1.56. The van der Waals surface area contributed by atoms with Crippen LogP contribution in [0.25, 0.3) is 0 Å². The van der Waals surface area contributed by atoms with Gasteiger partial charge in [-0.3, -0.25) is 4.18 Å². The number of hydrogen-bond acceptors (Lipinski definition) is 3. The van der Waals surface area contributed by atoms with Crippen molar-refractivity contribution < 1.29 is 12.6 Å². The molecule has 0 aliphatic rings. The van der Waals surface area contributed by atoms with Gasteiger partial charge < -0.3 is 4.57 Å². The number of benzene rings is 1. The summed E-state index contributed by atoms with van der Waals surface area (Å²) in [6.07, 6.45) is 1.84. The molecule has 0 unspecified atom stereocenters. The van der Waals surface area contributed by atoms with Crippen molar-refractivity contribution in [3.63, 3.8) is 0 Å². The Morgan fingerprint density at radius 2 is 1.83 bits per heavy atom. The summed E-state index contributed by atoms with van der Waals surface area (Å²) in [5, 5.41) is 0. The molecule has 1 aromatic carbocycles. The van der Waals surface area contributed by atoms with Gasteiger partial charge in [0.15, 0.2) is 0 Å². The fraction of sp³-hybridized carbons (Fsp3) is 0.231. The molecule has 0 aliphatic heterocycles. The summed E-state index contributed by atoms with van der Waals surface area (Å²) >= 11 is 0. The highest BCUT2D eigenvalue weighted by Gasteiger charge is 2.15. The molecule has 4 nitrogen and oxygen atoms in total. The molecule has 1 aromatic heterocycles. The van der Waals surface area contributed by atoms with Crippen LogP contribution in [0, 0.1) is 6.92 Å². The summed E-state index contributed by atoms with van der Waals surface area (Å²) in [5.74, 6) is 0. The van der Waals surface area contributed by atoms with Crippen LogP contribution in [0.2, 0.25) is 0 Å². The Morgan fingerprint density at radius 3 is 2.39 bits per heavy atom. The van der Waals surface area contributed by atoms with Gasteiger partial charge >= 0.3 is 0 Å². The molecule has 0 atom stereocenters. The standard InChI is InChI=1S/C13H15NO3S/c1-11-5-7-13(8-6-11)18(15,16)17-10-12-4-3-9-14(12)2/h3-9H,10H2,1-2H3. The van der Waals surface area contributed by atoms with Gasteiger partial charge in [0.05, 0.1) is 4.90 Å². The van der Waals surface area contributed by atoms with E-state index in [4.69, 9.17) is 4.18 Å². The average Bonchev–Trinajstić information content (AvgIpc) is 2.73. The van der Waals surface area contributed by atoms with E-state index in [2.05, 4.69) is 0 Å². The maximum absolute atomic E-state index is 11.9. The van der Waals surface area contributed by atoms with E-state index >= 15 is 0 Å². The molecule has 0 N–H and O–H groups in total. The molecule has 2 rings (SSSR count). The van der Waals surface area contributed by atoms with Crippen molar-refractivity contribution in [1.29, 1.82) is 0 Å². The minimum Gasteiger partial charge on any atom is -0.352 e. The lowest BCUT2D eigenvalue weighted by molar-refractivity contribution is 0.300. The molecule has 0 aliphatic carbocycles. The van der Waals surface area contributed by atoms with Gasteiger partial charge in [-0.05, 0) is 31.2 Å². The molecule has 0 fully saturated rings. The Balaban J connectivity index is 2.13. The Morgan fingerprint density at radius 1 is 1.17 bits per heavy atom. The molecule has 0 saturated carbocycles. The maximum Gasteiger partial charge on any atom is 0.297 e. The topological polar surface area (TPSA) is 48.3 Å². The lowest BCUT2D eigenvalue weighted by Gasteiger charge is -2.06. The summed E-state index contributed by atoms with van der Waals surface area (Å²) in [4.78, 5) is 0.183. The van der Waals surface area contributed by atoms with Crippen LogP contribution in [0.3, 0.4) is 0 Å². The third-order valence-corrected chi connectivity index (χ3v) is 4.00. The first-order valence-electron chi connectivity index (χ1n) is 5.55. The molecule has 0 bridgehead atoms. The number of rotatable bonds is 4. The molecule has 2 aromatic rings.